The van der Waals surface area contributed by atoms with Gasteiger partial charge in [-0.05, 0) is 18.1 Å². The molecule has 0 fully saturated rings. The zero-order valence-corrected chi connectivity index (χ0v) is 10.2. The number of esters is 2. The van der Waals surface area contributed by atoms with E-state index in [4.69, 9.17) is 0 Å². The van der Waals surface area contributed by atoms with Crippen LogP contribution in [0.25, 0.3) is 0 Å². The van der Waals surface area contributed by atoms with Crippen molar-refractivity contribution in [3.8, 4) is 0 Å². The van der Waals surface area contributed by atoms with Gasteiger partial charge in [0.2, 0.25) is 0 Å². The molecule has 1 atom stereocenters. The van der Waals surface area contributed by atoms with Gasteiger partial charge < -0.3 is 9.47 Å². The zero-order valence-electron chi connectivity index (χ0n) is 10.2. The van der Waals surface area contributed by atoms with Gasteiger partial charge in [0.05, 0.1) is 26.6 Å². The number of ether oxygens (including phenoxy) is 2. The summed E-state index contributed by atoms with van der Waals surface area (Å²) < 4.78 is 9.24. The van der Waals surface area contributed by atoms with Crippen molar-refractivity contribution in [2.45, 2.75) is 19.3 Å². The van der Waals surface area contributed by atoms with Gasteiger partial charge in [-0.3, -0.25) is 9.59 Å². The lowest BCUT2D eigenvalue weighted by Crippen LogP contribution is -2.11. The topological polar surface area (TPSA) is 52.6 Å². The molecule has 0 amide bonds. The Kier molecular flexibility index (Phi) is 4.69. The monoisotopic (exact) mass is 236 g/mol. The molecule has 1 aromatic rings. The van der Waals surface area contributed by atoms with Crippen LogP contribution in [0.15, 0.2) is 24.3 Å². The molecule has 17 heavy (non-hydrogen) atoms. The lowest BCUT2D eigenvalue weighted by molar-refractivity contribution is -0.142. The van der Waals surface area contributed by atoms with Crippen molar-refractivity contribution in [1.82, 2.24) is 0 Å². The smallest absolute Gasteiger partial charge is 0.312 e. The fourth-order valence-corrected chi connectivity index (χ4v) is 1.48. The predicted octanol–water partition coefficient (Wildman–Crippen LogP) is 1.68. The van der Waals surface area contributed by atoms with Crippen molar-refractivity contribution >= 4 is 11.9 Å². The minimum Gasteiger partial charge on any atom is -0.469 e. The van der Waals surface area contributed by atoms with Crippen molar-refractivity contribution in [2.24, 2.45) is 0 Å². The molecule has 0 bridgehead atoms. The number of carbonyl (C=O) groups excluding carboxylic acids is 2. The van der Waals surface area contributed by atoms with Crippen molar-refractivity contribution in [1.29, 1.82) is 0 Å². The molecule has 0 radical (unpaired) electrons. The summed E-state index contributed by atoms with van der Waals surface area (Å²) in [5.41, 5.74) is 1.73. The van der Waals surface area contributed by atoms with E-state index < -0.39 is 0 Å². The standard InChI is InChI=1S/C13H16O4/c1-9(13(15)17-3)11-6-4-10(5-7-11)8-12(14)16-2/h4-7,9H,8H2,1-3H3. The third kappa shape index (κ3) is 3.59. The Labute approximate surface area is 101 Å². The molecule has 4 nitrogen and oxygen atoms in total. The van der Waals surface area contributed by atoms with Crippen LogP contribution in [0, 0.1) is 0 Å². The molecule has 0 aliphatic carbocycles. The number of rotatable bonds is 4. The Morgan fingerprint density at radius 1 is 1.12 bits per heavy atom. The first-order valence-corrected chi connectivity index (χ1v) is 5.32. The number of benzene rings is 1. The molecule has 0 saturated carbocycles. The SMILES string of the molecule is COC(=O)Cc1ccc(C(C)C(=O)OC)cc1. The number of hydrogen-bond acceptors (Lipinski definition) is 4. The minimum atomic E-state index is -0.299. The van der Waals surface area contributed by atoms with E-state index in [0.29, 0.717) is 0 Å². The molecule has 0 aromatic heterocycles. The third-order valence-corrected chi connectivity index (χ3v) is 2.61. The van der Waals surface area contributed by atoms with Crippen LogP contribution in [0.2, 0.25) is 0 Å². The Morgan fingerprint density at radius 3 is 2.18 bits per heavy atom. The van der Waals surface area contributed by atoms with Crippen molar-refractivity contribution in [2.75, 3.05) is 14.2 Å². The number of hydrogen-bond donors (Lipinski definition) is 0. The first kappa shape index (κ1) is 13.2. The normalized spacial score (nSPS) is 11.7. The molecule has 1 aromatic carbocycles. The molecule has 1 rings (SSSR count). The zero-order chi connectivity index (χ0) is 12.8. The van der Waals surface area contributed by atoms with Gasteiger partial charge in [-0.1, -0.05) is 24.3 Å². The van der Waals surface area contributed by atoms with Gasteiger partial charge in [-0.15, -0.1) is 0 Å². The van der Waals surface area contributed by atoms with E-state index in [1.165, 1.54) is 14.2 Å². The molecule has 4 heteroatoms. The van der Waals surface area contributed by atoms with Crippen LogP contribution < -0.4 is 0 Å². The Morgan fingerprint density at radius 2 is 1.71 bits per heavy atom. The van der Waals surface area contributed by atoms with E-state index >= 15 is 0 Å². The summed E-state index contributed by atoms with van der Waals surface area (Å²) in [5, 5.41) is 0. The van der Waals surface area contributed by atoms with Crippen LogP contribution in [-0.2, 0) is 25.5 Å². The minimum absolute atomic E-state index is 0.239. The summed E-state index contributed by atoms with van der Waals surface area (Å²) in [4.78, 5) is 22.4. The Balaban J connectivity index is 2.74. The molecule has 0 aliphatic heterocycles. The van der Waals surface area contributed by atoms with Crippen molar-refractivity contribution in [3.63, 3.8) is 0 Å². The highest BCUT2D eigenvalue weighted by Crippen LogP contribution is 2.17. The maximum absolute atomic E-state index is 11.3. The maximum atomic E-state index is 11.3. The van der Waals surface area contributed by atoms with E-state index in [1.54, 1.807) is 6.92 Å². The summed E-state index contributed by atoms with van der Waals surface area (Å²) in [6, 6.07) is 7.26. The van der Waals surface area contributed by atoms with E-state index in [-0.39, 0.29) is 24.3 Å². The van der Waals surface area contributed by atoms with E-state index in [0.717, 1.165) is 11.1 Å². The summed E-state index contributed by atoms with van der Waals surface area (Å²) in [5.74, 6) is -0.850. The first-order valence-electron chi connectivity index (χ1n) is 5.32. The lowest BCUT2D eigenvalue weighted by Gasteiger charge is -2.09. The quantitative estimate of drug-likeness (QED) is 0.746. The highest BCUT2D eigenvalue weighted by atomic mass is 16.5. The van der Waals surface area contributed by atoms with Gasteiger partial charge in [-0.2, -0.15) is 0 Å². The Hall–Kier alpha value is -1.84. The van der Waals surface area contributed by atoms with Crippen LogP contribution in [0.4, 0.5) is 0 Å². The van der Waals surface area contributed by atoms with Gasteiger partial charge in [0.25, 0.3) is 0 Å². The average molecular weight is 236 g/mol. The van der Waals surface area contributed by atoms with Crippen LogP contribution in [0.1, 0.15) is 24.0 Å². The summed E-state index contributed by atoms with van der Waals surface area (Å²) in [6.07, 6.45) is 0.239. The van der Waals surface area contributed by atoms with Crippen LogP contribution in [0.5, 0.6) is 0 Å². The summed E-state index contributed by atoms with van der Waals surface area (Å²) in [7, 11) is 2.72. The summed E-state index contributed by atoms with van der Waals surface area (Å²) >= 11 is 0. The second-order valence-electron chi connectivity index (χ2n) is 3.74. The van der Waals surface area contributed by atoms with Gasteiger partial charge in [-0.25, -0.2) is 0 Å². The van der Waals surface area contributed by atoms with Crippen LogP contribution >= 0.6 is 0 Å². The van der Waals surface area contributed by atoms with Gasteiger partial charge in [0.1, 0.15) is 0 Å². The van der Waals surface area contributed by atoms with Crippen LogP contribution in [0.3, 0.4) is 0 Å². The van der Waals surface area contributed by atoms with E-state index in [9.17, 15) is 9.59 Å². The molecular weight excluding hydrogens is 220 g/mol. The molecular formula is C13H16O4. The molecule has 0 N–H and O–H groups in total. The third-order valence-electron chi connectivity index (χ3n) is 2.61. The molecule has 1 unspecified atom stereocenters. The maximum Gasteiger partial charge on any atom is 0.312 e. The molecule has 0 spiro atoms. The number of methoxy groups -OCH3 is 2. The Bertz CT molecular complexity index is 394. The van der Waals surface area contributed by atoms with Crippen molar-refractivity contribution < 1.29 is 19.1 Å². The van der Waals surface area contributed by atoms with Gasteiger partial charge in [0.15, 0.2) is 0 Å². The van der Waals surface area contributed by atoms with Gasteiger partial charge in [0, 0.05) is 0 Å². The van der Waals surface area contributed by atoms with Crippen molar-refractivity contribution in [3.05, 3.63) is 35.4 Å². The van der Waals surface area contributed by atoms with Crippen LogP contribution in [-0.4, -0.2) is 26.2 Å². The molecule has 92 valence electrons. The highest BCUT2D eigenvalue weighted by Gasteiger charge is 2.15. The number of carbonyl (C=O) groups is 2. The predicted molar refractivity (Wildman–Crippen MR) is 62.6 cm³/mol. The largest absolute Gasteiger partial charge is 0.469 e. The fourth-order valence-electron chi connectivity index (χ4n) is 1.48. The fraction of sp³-hybridized carbons (Fsp3) is 0.385. The second kappa shape index (κ2) is 6.03. The molecule has 0 aliphatic rings. The molecule has 0 heterocycles. The van der Waals surface area contributed by atoms with E-state index in [2.05, 4.69) is 9.47 Å². The molecule has 0 saturated heterocycles. The summed E-state index contributed by atoms with van der Waals surface area (Å²) in [6.45, 7) is 1.78. The van der Waals surface area contributed by atoms with Gasteiger partial charge >= 0.3 is 11.9 Å². The van der Waals surface area contributed by atoms with E-state index in [1.807, 2.05) is 24.3 Å². The average Bonchev–Trinajstić information content (AvgIpc) is 2.37. The first-order chi connectivity index (χ1) is 8.08. The lowest BCUT2D eigenvalue weighted by atomic mass is 9.99. The second-order valence-corrected chi connectivity index (χ2v) is 3.74. The highest BCUT2D eigenvalue weighted by molar-refractivity contribution is 5.77.